The quantitative estimate of drug-likeness (QED) is 0.611. The third-order valence-electron chi connectivity index (χ3n) is 2.05. The molecule has 1 heterocycles. The van der Waals surface area contributed by atoms with Crippen molar-refractivity contribution in [3.05, 3.63) is 0 Å². The van der Waals surface area contributed by atoms with Crippen molar-refractivity contribution in [2.24, 2.45) is 10.9 Å². The van der Waals surface area contributed by atoms with Crippen molar-refractivity contribution in [2.45, 2.75) is 13.8 Å². The minimum atomic E-state index is 0.653. The minimum absolute atomic E-state index is 0.653. The molecule has 70 valence electrons. The van der Waals surface area contributed by atoms with E-state index >= 15 is 0 Å². The van der Waals surface area contributed by atoms with Crippen LogP contribution in [0.25, 0.3) is 0 Å². The fraction of sp³-hybridized carbons (Fsp3) is 0.889. The fourth-order valence-corrected chi connectivity index (χ4v) is 1.30. The number of hydrogen-bond donors (Lipinski definition) is 0. The molecule has 0 bridgehead atoms. The molecule has 0 aliphatic carbocycles. The van der Waals surface area contributed by atoms with Crippen LogP contribution in [0.3, 0.4) is 0 Å². The van der Waals surface area contributed by atoms with Crippen LogP contribution in [0, 0.1) is 5.92 Å². The van der Waals surface area contributed by atoms with Gasteiger partial charge in [-0.25, -0.2) is 0 Å². The number of rotatable bonds is 2. The molecule has 0 amide bonds. The lowest BCUT2D eigenvalue weighted by atomic mass is 10.2. The molecule has 1 aliphatic heterocycles. The van der Waals surface area contributed by atoms with Crippen LogP contribution in [0.15, 0.2) is 4.99 Å². The first-order valence-electron chi connectivity index (χ1n) is 4.58. The maximum absolute atomic E-state index is 4.55. The van der Waals surface area contributed by atoms with Gasteiger partial charge in [-0.1, -0.05) is 13.8 Å². The lowest BCUT2D eigenvalue weighted by Gasteiger charge is -2.16. The number of nitrogens with zero attached hydrogens (tertiary/aromatic N) is 3. The molecule has 1 saturated heterocycles. The Kier molecular flexibility index (Phi) is 2.95. The largest absolute Gasteiger partial charge is 0.344 e. The van der Waals surface area contributed by atoms with Gasteiger partial charge in [-0.2, -0.15) is 0 Å². The zero-order valence-corrected chi connectivity index (χ0v) is 8.54. The van der Waals surface area contributed by atoms with Crippen LogP contribution in [0.5, 0.6) is 0 Å². The second-order valence-electron chi connectivity index (χ2n) is 3.88. The molecule has 0 radical (unpaired) electrons. The molecule has 0 saturated carbocycles. The van der Waals surface area contributed by atoms with Gasteiger partial charge in [0.05, 0.1) is 0 Å². The highest BCUT2D eigenvalue weighted by Gasteiger charge is 2.18. The molecule has 0 unspecified atom stereocenters. The molecular weight excluding hydrogens is 150 g/mol. The first-order valence-corrected chi connectivity index (χ1v) is 4.58. The Labute approximate surface area is 75.1 Å². The number of hydrogen-bond acceptors (Lipinski definition) is 1. The molecule has 1 rings (SSSR count). The van der Waals surface area contributed by atoms with E-state index in [1.807, 2.05) is 0 Å². The van der Waals surface area contributed by atoms with Crippen LogP contribution >= 0.6 is 0 Å². The minimum Gasteiger partial charge on any atom is -0.344 e. The summed E-state index contributed by atoms with van der Waals surface area (Å²) in [6.07, 6.45) is 0. The molecular formula is C9H19N3. The molecule has 0 aromatic carbocycles. The molecule has 1 fully saturated rings. The zero-order chi connectivity index (χ0) is 9.14. The number of likely N-dealkylation sites (N-methyl/N-ethyl adjacent to an activating group) is 2. The third kappa shape index (κ3) is 2.13. The molecule has 0 aromatic heterocycles. The van der Waals surface area contributed by atoms with Gasteiger partial charge in [-0.3, -0.25) is 4.99 Å². The smallest absolute Gasteiger partial charge is 0.196 e. The van der Waals surface area contributed by atoms with E-state index < -0.39 is 0 Å². The first kappa shape index (κ1) is 9.36. The molecule has 3 heteroatoms. The maximum atomic E-state index is 4.55. The zero-order valence-electron chi connectivity index (χ0n) is 8.54. The summed E-state index contributed by atoms with van der Waals surface area (Å²) < 4.78 is 0. The summed E-state index contributed by atoms with van der Waals surface area (Å²) in [5.74, 6) is 1.80. The molecule has 1 aliphatic rings. The Hall–Kier alpha value is -0.730. The summed E-state index contributed by atoms with van der Waals surface area (Å²) in [7, 11) is 4.20. The van der Waals surface area contributed by atoms with Crippen molar-refractivity contribution in [1.29, 1.82) is 0 Å². The van der Waals surface area contributed by atoms with Gasteiger partial charge < -0.3 is 9.80 Å². The first-order chi connectivity index (χ1) is 5.61. The van der Waals surface area contributed by atoms with Crippen LogP contribution in [0.4, 0.5) is 0 Å². The van der Waals surface area contributed by atoms with Crippen LogP contribution in [-0.4, -0.2) is 49.5 Å². The van der Waals surface area contributed by atoms with Crippen molar-refractivity contribution in [2.75, 3.05) is 33.7 Å². The van der Waals surface area contributed by atoms with Crippen molar-refractivity contribution in [3.8, 4) is 0 Å². The van der Waals surface area contributed by atoms with E-state index in [-0.39, 0.29) is 0 Å². The molecule has 3 nitrogen and oxygen atoms in total. The van der Waals surface area contributed by atoms with Crippen molar-refractivity contribution in [1.82, 2.24) is 9.80 Å². The van der Waals surface area contributed by atoms with Crippen LogP contribution < -0.4 is 0 Å². The molecule has 0 spiro atoms. The average Bonchev–Trinajstić information content (AvgIpc) is 2.28. The summed E-state index contributed by atoms with van der Waals surface area (Å²) in [4.78, 5) is 8.97. The summed E-state index contributed by atoms with van der Waals surface area (Å²) in [6, 6.07) is 0. The van der Waals surface area contributed by atoms with Crippen molar-refractivity contribution < 1.29 is 0 Å². The van der Waals surface area contributed by atoms with E-state index in [9.17, 15) is 0 Å². The molecule has 0 aromatic rings. The molecule has 0 atom stereocenters. The number of guanidine groups is 1. The van der Waals surface area contributed by atoms with Crippen LogP contribution in [0.2, 0.25) is 0 Å². The van der Waals surface area contributed by atoms with Crippen molar-refractivity contribution in [3.63, 3.8) is 0 Å². The topological polar surface area (TPSA) is 18.8 Å². The van der Waals surface area contributed by atoms with Gasteiger partial charge in [0.1, 0.15) is 0 Å². The van der Waals surface area contributed by atoms with Crippen LogP contribution in [0.1, 0.15) is 13.8 Å². The highest BCUT2D eigenvalue weighted by Crippen LogP contribution is 2.04. The third-order valence-corrected chi connectivity index (χ3v) is 2.05. The van der Waals surface area contributed by atoms with Crippen LogP contribution in [-0.2, 0) is 0 Å². The lowest BCUT2D eigenvalue weighted by molar-refractivity contribution is 0.553. The Morgan fingerprint density at radius 1 is 1.25 bits per heavy atom. The summed E-state index contributed by atoms with van der Waals surface area (Å²) in [6.45, 7) is 7.53. The van der Waals surface area contributed by atoms with E-state index in [1.165, 1.54) is 0 Å². The standard InChI is InChI=1S/C9H19N3/c1-8(2)7-10-9-11(3)5-6-12(9)4/h8H,5-7H2,1-4H3. The van der Waals surface area contributed by atoms with E-state index in [4.69, 9.17) is 0 Å². The summed E-state index contributed by atoms with van der Waals surface area (Å²) >= 11 is 0. The highest BCUT2D eigenvalue weighted by molar-refractivity contribution is 5.81. The molecule has 0 N–H and O–H groups in total. The SMILES string of the molecule is CC(C)CN=C1N(C)CCN1C. The Morgan fingerprint density at radius 2 is 1.75 bits per heavy atom. The van der Waals surface area contributed by atoms with Gasteiger partial charge in [0.25, 0.3) is 0 Å². The predicted molar refractivity (Wildman–Crippen MR) is 52.4 cm³/mol. The predicted octanol–water partition coefficient (Wildman–Crippen LogP) is 0.876. The van der Waals surface area contributed by atoms with Gasteiger partial charge in [0.15, 0.2) is 5.96 Å². The highest BCUT2D eigenvalue weighted by atomic mass is 15.4. The maximum Gasteiger partial charge on any atom is 0.196 e. The van der Waals surface area contributed by atoms with Gasteiger partial charge in [-0.15, -0.1) is 0 Å². The lowest BCUT2D eigenvalue weighted by Crippen LogP contribution is -2.28. The Bertz CT molecular complexity index is 163. The Balaban J connectivity index is 2.53. The van der Waals surface area contributed by atoms with Gasteiger partial charge in [0.2, 0.25) is 0 Å². The van der Waals surface area contributed by atoms with Gasteiger partial charge in [0, 0.05) is 33.7 Å². The monoisotopic (exact) mass is 169 g/mol. The fourth-order valence-electron chi connectivity index (χ4n) is 1.30. The second kappa shape index (κ2) is 3.78. The van der Waals surface area contributed by atoms with E-state index in [0.29, 0.717) is 5.92 Å². The van der Waals surface area contributed by atoms with Crippen molar-refractivity contribution >= 4 is 5.96 Å². The Morgan fingerprint density at radius 3 is 2.17 bits per heavy atom. The summed E-state index contributed by atoms with van der Waals surface area (Å²) in [5, 5.41) is 0. The van der Waals surface area contributed by atoms with Gasteiger partial charge >= 0.3 is 0 Å². The average molecular weight is 169 g/mol. The van der Waals surface area contributed by atoms with E-state index in [0.717, 1.165) is 25.6 Å². The normalized spacial score (nSPS) is 17.9. The summed E-state index contributed by atoms with van der Waals surface area (Å²) in [5.41, 5.74) is 0. The second-order valence-corrected chi connectivity index (χ2v) is 3.88. The number of aliphatic imine (C=N–C) groups is 1. The van der Waals surface area contributed by atoms with Gasteiger partial charge in [-0.05, 0) is 5.92 Å². The van der Waals surface area contributed by atoms with E-state index in [2.05, 4.69) is 42.7 Å². The molecule has 12 heavy (non-hydrogen) atoms. The van der Waals surface area contributed by atoms with E-state index in [1.54, 1.807) is 0 Å².